The molecule has 0 aliphatic rings. The summed E-state index contributed by atoms with van der Waals surface area (Å²) in [5.41, 5.74) is 5.37. The van der Waals surface area contributed by atoms with Crippen molar-refractivity contribution in [3.63, 3.8) is 0 Å². The topological polar surface area (TPSA) is 45.6 Å². The Hall–Kier alpha value is -2.47. The molecule has 2 aromatic carbocycles. The lowest BCUT2D eigenvalue weighted by Gasteiger charge is -2.10. The van der Waals surface area contributed by atoms with E-state index < -0.39 is 0 Å². The van der Waals surface area contributed by atoms with Crippen LogP contribution in [0.1, 0.15) is 18.1 Å². The first-order chi connectivity index (χ1) is 11.1. The normalized spacial score (nSPS) is 11.0. The monoisotopic (exact) mass is 331 g/mol. The zero-order valence-corrected chi connectivity index (χ0v) is 13.8. The molecule has 0 radical (unpaired) electrons. The Balaban J connectivity index is 1.91. The minimum atomic E-state index is -0.258. The van der Waals surface area contributed by atoms with E-state index in [9.17, 15) is 4.39 Å². The van der Waals surface area contributed by atoms with Crippen molar-refractivity contribution in [2.45, 2.75) is 13.5 Å². The van der Waals surface area contributed by atoms with E-state index in [1.165, 1.54) is 12.1 Å². The fourth-order valence-corrected chi connectivity index (χ4v) is 2.08. The van der Waals surface area contributed by atoms with Gasteiger partial charge in [-0.05, 0) is 49.0 Å². The number of benzene rings is 2. The molecule has 0 saturated heterocycles. The average molecular weight is 331 g/mol. The van der Waals surface area contributed by atoms with Crippen molar-refractivity contribution in [3.05, 3.63) is 65.5 Å². The lowest BCUT2D eigenvalue weighted by molar-refractivity contribution is 0.414. The summed E-state index contributed by atoms with van der Waals surface area (Å²) in [7, 11) is 1.62. The van der Waals surface area contributed by atoms with Gasteiger partial charge in [0.2, 0.25) is 0 Å². The predicted molar refractivity (Wildman–Crippen MR) is 94.2 cm³/mol. The Bertz CT molecular complexity index is 701. The Morgan fingerprint density at radius 3 is 2.57 bits per heavy atom. The number of nitrogens with one attached hydrogen (secondary N) is 2. The zero-order chi connectivity index (χ0) is 16.7. The van der Waals surface area contributed by atoms with Crippen molar-refractivity contribution in [1.82, 2.24) is 10.7 Å². The number of ether oxygens (including phenoxy) is 1. The third-order valence-electron chi connectivity index (χ3n) is 3.19. The van der Waals surface area contributed by atoms with E-state index in [0.717, 1.165) is 22.6 Å². The minimum absolute atomic E-state index is 0.258. The van der Waals surface area contributed by atoms with Gasteiger partial charge >= 0.3 is 0 Å². The van der Waals surface area contributed by atoms with Crippen LogP contribution in [0.15, 0.2) is 53.6 Å². The van der Waals surface area contributed by atoms with E-state index in [0.29, 0.717) is 11.7 Å². The number of nitrogens with zero attached hydrogens (tertiary/aromatic N) is 1. The standard InChI is InChI=1S/C17H18FN3OS/c1-12(15-5-3-4-6-16(15)22-2)20-21-17(23)19-11-13-7-9-14(18)10-8-13/h3-10H,11H2,1-2H3,(H2,19,21,23)/b20-12-. The molecule has 0 bridgehead atoms. The number of thiocarbonyl (C=S) groups is 1. The zero-order valence-electron chi connectivity index (χ0n) is 13.0. The second-order valence-electron chi connectivity index (χ2n) is 4.82. The van der Waals surface area contributed by atoms with Crippen LogP contribution >= 0.6 is 12.2 Å². The third kappa shape index (κ3) is 5.03. The Morgan fingerprint density at radius 1 is 1.17 bits per heavy atom. The quantitative estimate of drug-likeness (QED) is 0.502. The van der Waals surface area contributed by atoms with Crippen LogP contribution in [0.4, 0.5) is 4.39 Å². The van der Waals surface area contributed by atoms with E-state index in [1.807, 2.05) is 31.2 Å². The molecular formula is C17H18FN3OS. The fourth-order valence-electron chi connectivity index (χ4n) is 1.96. The number of rotatable bonds is 5. The van der Waals surface area contributed by atoms with Crippen LogP contribution in [0, 0.1) is 5.82 Å². The Kier molecular flexibility index (Phi) is 6.05. The number of halogens is 1. The van der Waals surface area contributed by atoms with Crippen LogP contribution in [0.3, 0.4) is 0 Å². The number of hydrogen-bond acceptors (Lipinski definition) is 3. The van der Waals surface area contributed by atoms with Crippen molar-refractivity contribution in [2.24, 2.45) is 5.10 Å². The number of hydrazone groups is 1. The molecule has 0 spiro atoms. The maximum Gasteiger partial charge on any atom is 0.187 e. The van der Waals surface area contributed by atoms with Crippen LogP contribution in [-0.2, 0) is 6.54 Å². The van der Waals surface area contributed by atoms with E-state index in [4.69, 9.17) is 17.0 Å². The maximum atomic E-state index is 12.8. The van der Waals surface area contributed by atoms with Crippen LogP contribution < -0.4 is 15.5 Å². The molecule has 0 saturated carbocycles. The molecule has 6 heteroatoms. The summed E-state index contributed by atoms with van der Waals surface area (Å²) in [5.74, 6) is 0.493. The van der Waals surface area contributed by atoms with Crippen molar-refractivity contribution >= 4 is 23.0 Å². The van der Waals surface area contributed by atoms with Crippen molar-refractivity contribution in [3.8, 4) is 5.75 Å². The van der Waals surface area contributed by atoms with Crippen LogP contribution in [0.2, 0.25) is 0 Å². The van der Waals surface area contributed by atoms with Gasteiger partial charge in [0.1, 0.15) is 11.6 Å². The summed E-state index contributed by atoms with van der Waals surface area (Å²) in [6.45, 7) is 2.36. The molecule has 2 rings (SSSR count). The third-order valence-corrected chi connectivity index (χ3v) is 3.42. The van der Waals surface area contributed by atoms with Crippen molar-refractivity contribution in [2.75, 3.05) is 7.11 Å². The second-order valence-corrected chi connectivity index (χ2v) is 5.23. The van der Waals surface area contributed by atoms with Crippen LogP contribution in [0.5, 0.6) is 5.75 Å². The first-order valence-electron chi connectivity index (χ1n) is 7.06. The molecule has 0 aliphatic carbocycles. The molecule has 0 aromatic heterocycles. The van der Waals surface area contributed by atoms with Gasteiger partial charge in [-0.2, -0.15) is 5.10 Å². The molecular weight excluding hydrogens is 313 g/mol. The van der Waals surface area contributed by atoms with Gasteiger partial charge in [-0.1, -0.05) is 24.3 Å². The summed E-state index contributed by atoms with van der Waals surface area (Å²) in [6.07, 6.45) is 0. The molecule has 0 heterocycles. The summed E-state index contributed by atoms with van der Waals surface area (Å²) < 4.78 is 18.1. The molecule has 0 amide bonds. The minimum Gasteiger partial charge on any atom is -0.496 e. The van der Waals surface area contributed by atoms with Gasteiger partial charge in [0, 0.05) is 12.1 Å². The van der Waals surface area contributed by atoms with E-state index in [2.05, 4.69) is 15.8 Å². The largest absolute Gasteiger partial charge is 0.496 e. The number of para-hydroxylation sites is 1. The lowest BCUT2D eigenvalue weighted by atomic mass is 10.1. The molecule has 120 valence electrons. The number of hydrogen-bond donors (Lipinski definition) is 2. The first kappa shape index (κ1) is 16.9. The highest BCUT2D eigenvalue weighted by Crippen LogP contribution is 2.17. The maximum absolute atomic E-state index is 12.8. The van der Waals surface area contributed by atoms with E-state index >= 15 is 0 Å². The summed E-state index contributed by atoms with van der Waals surface area (Å²) in [5, 5.41) is 7.66. The summed E-state index contributed by atoms with van der Waals surface area (Å²) in [4.78, 5) is 0. The highest BCUT2D eigenvalue weighted by molar-refractivity contribution is 7.80. The SMILES string of the molecule is COc1ccccc1/C(C)=N\NC(=S)NCc1ccc(F)cc1. The molecule has 0 fully saturated rings. The van der Waals surface area contributed by atoms with Crippen molar-refractivity contribution in [1.29, 1.82) is 0 Å². The number of methoxy groups -OCH3 is 1. The molecule has 2 aromatic rings. The first-order valence-corrected chi connectivity index (χ1v) is 7.47. The highest BCUT2D eigenvalue weighted by Gasteiger charge is 2.05. The van der Waals surface area contributed by atoms with Crippen molar-refractivity contribution < 1.29 is 9.13 Å². The molecule has 2 N–H and O–H groups in total. The van der Waals surface area contributed by atoms with Gasteiger partial charge in [0.25, 0.3) is 0 Å². The molecule has 0 atom stereocenters. The molecule has 23 heavy (non-hydrogen) atoms. The Labute approximate surface area is 140 Å². The van der Waals surface area contributed by atoms with Gasteiger partial charge in [-0.25, -0.2) is 4.39 Å². The predicted octanol–water partition coefficient (Wildman–Crippen LogP) is 3.22. The molecule has 0 aliphatic heterocycles. The summed E-state index contributed by atoms with van der Waals surface area (Å²) in [6, 6.07) is 13.9. The molecule has 0 unspecified atom stereocenters. The van der Waals surface area contributed by atoms with Gasteiger partial charge < -0.3 is 10.1 Å². The van der Waals surface area contributed by atoms with Gasteiger partial charge in [-0.15, -0.1) is 0 Å². The average Bonchev–Trinajstić information content (AvgIpc) is 2.59. The van der Waals surface area contributed by atoms with E-state index in [-0.39, 0.29) is 5.82 Å². The van der Waals surface area contributed by atoms with Crippen LogP contribution in [-0.4, -0.2) is 17.9 Å². The van der Waals surface area contributed by atoms with Gasteiger partial charge in [0.15, 0.2) is 5.11 Å². The van der Waals surface area contributed by atoms with E-state index in [1.54, 1.807) is 19.2 Å². The van der Waals surface area contributed by atoms with Gasteiger partial charge in [-0.3, -0.25) is 5.43 Å². The fraction of sp³-hybridized carbons (Fsp3) is 0.176. The Morgan fingerprint density at radius 2 is 1.87 bits per heavy atom. The smallest absolute Gasteiger partial charge is 0.187 e. The van der Waals surface area contributed by atoms with Gasteiger partial charge in [0.05, 0.1) is 12.8 Å². The summed E-state index contributed by atoms with van der Waals surface area (Å²) >= 11 is 5.17. The second kappa shape index (κ2) is 8.24. The molecule has 4 nitrogen and oxygen atoms in total. The lowest BCUT2D eigenvalue weighted by Crippen LogP contribution is -2.32. The highest BCUT2D eigenvalue weighted by atomic mass is 32.1. The van der Waals surface area contributed by atoms with Crippen LogP contribution in [0.25, 0.3) is 0 Å².